The fourth-order valence-electron chi connectivity index (χ4n) is 4.65. The molecule has 1 saturated carbocycles. The Hall–Kier alpha value is -2.99. The third kappa shape index (κ3) is 5.07. The number of rotatable bonds is 8. The Morgan fingerprint density at radius 1 is 1.06 bits per heavy atom. The quantitative estimate of drug-likeness (QED) is 0.501. The molecule has 1 heterocycles. The second-order valence-electron chi connectivity index (χ2n) is 8.63. The van der Waals surface area contributed by atoms with Crippen LogP contribution in [0.3, 0.4) is 0 Å². The average molecular weight is 437 g/mol. The molecule has 0 saturated heterocycles. The smallest absolute Gasteiger partial charge is 0.329 e. The predicted octanol–water partition coefficient (Wildman–Crippen LogP) is 5.57. The Morgan fingerprint density at radius 2 is 1.72 bits per heavy atom. The summed E-state index contributed by atoms with van der Waals surface area (Å²) in [4.78, 5) is 10.6. The van der Waals surface area contributed by atoms with Crippen LogP contribution in [0.4, 0.5) is 4.39 Å². The Morgan fingerprint density at radius 3 is 2.41 bits per heavy atom. The fraction of sp³-hybridized carbons (Fsp3) is 0.385. The fourth-order valence-corrected chi connectivity index (χ4v) is 4.65. The summed E-state index contributed by atoms with van der Waals surface area (Å²) in [5.41, 5.74) is 4.26. The standard InChI is InChI=1S/C26H29FN2O3/c1-18-25(21-7-3-2-4-8-21)26(22-9-5-6-10-23(22)27)28-29(18)15-19-11-13-20(14-12-19)16-32-17-24(30)31/h2-10,19-20H,11-17H2,1H3,(H,30,31). The first kappa shape index (κ1) is 22.2. The van der Waals surface area contributed by atoms with Crippen molar-refractivity contribution >= 4 is 5.97 Å². The highest BCUT2D eigenvalue weighted by Gasteiger charge is 2.25. The normalized spacial score (nSPS) is 18.6. The predicted molar refractivity (Wildman–Crippen MR) is 122 cm³/mol. The number of hydrogen-bond acceptors (Lipinski definition) is 3. The molecule has 5 nitrogen and oxygen atoms in total. The average Bonchev–Trinajstić information content (AvgIpc) is 3.11. The van der Waals surface area contributed by atoms with E-state index < -0.39 is 5.97 Å². The lowest BCUT2D eigenvalue weighted by atomic mass is 9.82. The van der Waals surface area contributed by atoms with E-state index in [1.165, 1.54) is 6.07 Å². The van der Waals surface area contributed by atoms with Gasteiger partial charge in [0.25, 0.3) is 0 Å². The van der Waals surface area contributed by atoms with Gasteiger partial charge in [0.15, 0.2) is 0 Å². The molecule has 1 fully saturated rings. The van der Waals surface area contributed by atoms with Crippen molar-refractivity contribution in [1.29, 1.82) is 0 Å². The summed E-state index contributed by atoms with van der Waals surface area (Å²) in [5, 5.41) is 13.6. The topological polar surface area (TPSA) is 64.4 Å². The number of carbonyl (C=O) groups is 1. The Labute approximate surface area is 187 Å². The van der Waals surface area contributed by atoms with E-state index in [-0.39, 0.29) is 12.4 Å². The van der Waals surface area contributed by atoms with Gasteiger partial charge in [-0.2, -0.15) is 5.10 Å². The summed E-state index contributed by atoms with van der Waals surface area (Å²) in [6.45, 7) is 3.14. The van der Waals surface area contributed by atoms with Gasteiger partial charge < -0.3 is 9.84 Å². The van der Waals surface area contributed by atoms with Crippen molar-refractivity contribution in [3.8, 4) is 22.4 Å². The molecule has 0 unspecified atom stereocenters. The van der Waals surface area contributed by atoms with Gasteiger partial charge in [0.1, 0.15) is 18.1 Å². The number of carboxylic acids is 1. The van der Waals surface area contributed by atoms with Gasteiger partial charge in [-0.3, -0.25) is 4.68 Å². The molecular formula is C26H29FN2O3. The molecule has 32 heavy (non-hydrogen) atoms. The summed E-state index contributed by atoms with van der Waals surface area (Å²) in [6.07, 6.45) is 4.15. The van der Waals surface area contributed by atoms with Gasteiger partial charge in [0.2, 0.25) is 0 Å². The zero-order chi connectivity index (χ0) is 22.5. The molecule has 0 spiro atoms. The second-order valence-corrected chi connectivity index (χ2v) is 8.63. The van der Waals surface area contributed by atoms with Gasteiger partial charge >= 0.3 is 5.97 Å². The lowest BCUT2D eigenvalue weighted by Crippen LogP contribution is -2.23. The SMILES string of the molecule is Cc1c(-c2ccccc2)c(-c2ccccc2F)nn1CC1CCC(COCC(=O)O)CC1. The highest BCUT2D eigenvalue weighted by Crippen LogP contribution is 2.37. The van der Waals surface area contributed by atoms with Crippen LogP contribution in [0.25, 0.3) is 22.4 Å². The minimum Gasteiger partial charge on any atom is -0.480 e. The highest BCUT2D eigenvalue weighted by molar-refractivity contribution is 5.82. The van der Waals surface area contributed by atoms with Gasteiger partial charge in [-0.05, 0) is 62.1 Å². The van der Waals surface area contributed by atoms with Gasteiger partial charge in [-0.15, -0.1) is 0 Å². The van der Waals surface area contributed by atoms with Crippen LogP contribution < -0.4 is 0 Å². The van der Waals surface area contributed by atoms with E-state index in [2.05, 4.69) is 6.92 Å². The minimum atomic E-state index is -0.923. The molecule has 1 aliphatic rings. The molecular weight excluding hydrogens is 407 g/mol. The molecule has 0 atom stereocenters. The zero-order valence-corrected chi connectivity index (χ0v) is 18.3. The van der Waals surface area contributed by atoms with Crippen LogP contribution in [0.2, 0.25) is 0 Å². The molecule has 0 amide bonds. The van der Waals surface area contributed by atoms with Gasteiger partial charge in [0, 0.05) is 23.4 Å². The number of benzene rings is 2. The molecule has 0 aliphatic heterocycles. The van der Waals surface area contributed by atoms with E-state index in [9.17, 15) is 9.18 Å². The van der Waals surface area contributed by atoms with Crippen molar-refractivity contribution in [2.45, 2.75) is 39.2 Å². The van der Waals surface area contributed by atoms with Crippen LogP contribution in [0, 0.1) is 24.6 Å². The highest BCUT2D eigenvalue weighted by atomic mass is 19.1. The maximum atomic E-state index is 14.7. The minimum absolute atomic E-state index is 0.229. The van der Waals surface area contributed by atoms with Crippen molar-refractivity contribution in [3.05, 3.63) is 66.1 Å². The summed E-state index contributed by atoms with van der Waals surface area (Å²) >= 11 is 0. The first-order chi connectivity index (χ1) is 15.5. The molecule has 1 aromatic heterocycles. The number of hydrogen-bond donors (Lipinski definition) is 1. The van der Waals surface area contributed by atoms with Gasteiger partial charge in [0.05, 0.1) is 6.61 Å². The van der Waals surface area contributed by atoms with E-state index in [4.69, 9.17) is 14.9 Å². The van der Waals surface area contributed by atoms with Crippen LogP contribution in [0.15, 0.2) is 54.6 Å². The van der Waals surface area contributed by atoms with E-state index >= 15 is 0 Å². The number of halogens is 1. The molecule has 2 aromatic carbocycles. The number of carboxylic acid groups (broad SMARTS) is 1. The second kappa shape index (κ2) is 10.1. The van der Waals surface area contributed by atoms with E-state index in [0.29, 0.717) is 29.7 Å². The molecule has 4 rings (SSSR count). The van der Waals surface area contributed by atoms with Crippen LogP contribution in [-0.4, -0.2) is 34.1 Å². The number of ether oxygens (including phenoxy) is 1. The number of aromatic nitrogens is 2. The number of aliphatic carboxylic acids is 1. The molecule has 168 valence electrons. The number of nitrogens with zero attached hydrogens (tertiary/aromatic N) is 2. The maximum absolute atomic E-state index is 14.7. The molecule has 1 N–H and O–H groups in total. The van der Waals surface area contributed by atoms with Crippen molar-refractivity contribution in [1.82, 2.24) is 9.78 Å². The van der Waals surface area contributed by atoms with Gasteiger partial charge in [-0.25, -0.2) is 9.18 Å². The third-order valence-electron chi connectivity index (χ3n) is 6.37. The first-order valence-electron chi connectivity index (χ1n) is 11.2. The summed E-state index contributed by atoms with van der Waals surface area (Å²) in [7, 11) is 0. The molecule has 6 heteroatoms. The van der Waals surface area contributed by atoms with E-state index in [1.54, 1.807) is 12.1 Å². The lowest BCUT2D eigenvalue weighted by Gasteiger charge is -2.28. The Bertz CT molecular complexity index is 1060. The van der Waals surface area contributed by atoms with Crippen molar-refractivity contribution < 1.29 is 19.0 Å². The summed E-state index contributed by atoms with van der Waals surface area (Å²) in [5.74, 6) is -0.288. The van der Waals surface area contributed by atoms with Crippen molar-refractivity contribution in [2.75, 3.05) is 13.2 Å². The van der Waals surface area contributed by atoms with Crippen molar-refractivity contribution in [2.24, 2.45) is 11.8 Å². The zero-order valence-electron chi connectivity index (χ0n) is 18.3. The van der Waals surface area contributed by atoms with Crippen LogP contribution >= 0.6 is 0 Å². The largest absolute Gasteiger partial charge is 0.480 e. The van der Waals surface area contributed by atoms with Crippen LogP contribution in [0.5, 0.6) is 0 Å². The van der Waals surface area contributed by atoms with Crippen molar-refractivity contribution in [3.63, 3.8) is 0 Å². The van der Waals surface area contributed by atoms with Crippen LogP contribution in [0.1, 0.15) is 31.4 Å². The Balaban J connectivity index is 1.53. The van der Waals surface area contributed by atoms with E-state index in [0.717, 1.165) is 49.0 Å². The Kier molecular flexibility index (Phi) is 7.00. The lowest BCUT2D eigenvalue weighted by molar-refractivity contribution is -0.142. The maximum Gasteiger partial charge on any atom is 0.329 e. The summed E-state index contributed by atoms with van der Waals surface area (Å²) in [6, 6.07) is 16.9. The monoisotopic (exact) mass is 436 g/mol. The van der Waals surface area contributed by atoms with Gasteiger partial charge in [-0.1, -0.05) is 42.5 Å². The third-order valence-corrected chi connectivity index (χ3v) is 6.37. The first-order valence-corrected chi connectivity index (χ1v) is 11.2. The summed E-state index contributed by atoms with van der Waals surface area (Å²) < 4.78 is 22.0. The molecule has 1 aliphatic carbocycles. The molecule has 0 bridgehead atoms. The van der Waals surface area contributed by atoms with E-state index in [1.807, 2.05) is 41.1 Å². The molecule has 3 aromatic rings. The van der Waals surface area contributed by atoms with Crippen LogP contribution in [-0.2, 0) is 16.1 Å². The molecule has 0 radical (unpaired) electrons.